The molecule has 0 bridgehead atoms. The largest absolute Gasteiger partial charge is 0.339 e. The lowest BCUT2D eigenvalue weighted by Gasteiger charge is -2.34. The van der Waals surface area contributed by atoms with E-state index in [2.05, 4.69) is 5.32 Å². The van der Waals surface area contributed by atoms with Gasteiger partial charge in [0.25, 0.3) is 5.69 Å². The molecule has 8 heteroatoms. The van der Waals surface area contributed by atoms with Crippen LogP contribution in [0.25, 0.3) is 0 Å². The summed E-state index contributed by atoms with van der Waals surface area (Å²) in [5.41, 5.74) is 0.475. The minimum absolute atomic E-state index is 0.00503. The SMILES string of the molecule is CC(=O)N1CCN(C(=O)Nc2ccc([N+](=O)[O-])cc2)CC1. The topological polar surface area (TPSA) is 95.8 Å². The third-order valence-electron chi connectivity index (χ3n) is 3.34. The van der Waals surface area contributed by atoms with Crippen molar-refractivity contribution >= 4 is 23.3 Å². The van der Waals surface area contributed by atoms with Gasteiger partial charge in [0.2, 0.25) is 5.91 Å². The molecule has 3 amide bonds. The highest BCUT2D eigenvalue weighted by Crippen LogP contribution is 2.16. The third-order valence-corrected chi connectivity index (χ3v) is 3.34. The second kappa shape index (κ2) is 6.21. The summed E-state index contributed by atoms with van der Waals surface area (Å²) >= 11 is 0. The molecule has 8 nitrogen and oxygen atoms in total. The Morgan fingerprint density at radius 1 is 1.10 bits per heavy atom. The quantitative estimate of drug-likeness (QED) is 0.656. The molecule has 0 atom stereocenters. The molecule has 1 N–H and O–H groups in total. The first-order valence-corrected chi connectivity index (χ1v) is 6.53. The molecule has 0 saturated carbocycles. The van der Waals surface area contributed by atoms with Gasteiger partial charge in [-0.3, -0.25) is 14.9 Å². The number of nitro groups is 1. The van der Waals surface area contributed by atoms with Crippen molar-refractivity contribution in [2.45, 2.75) is 6.92 Å². The number of carbonyl (C=O) groups excluding carboxylic acids is 2. The van der Waals surface area contributed by atoms with Crippen molar-refractivity contribution in [1.29, 1.82) is 0 Å². The summed E-state index contributed by atoms with van der Waals surface area (Å²) in [4.78, 5) is 36.6. The number of amides is 3. The van der Waals surface area contributed by atoms with Gasteiger partial charge >= 0.3 is 6.03 Å². The normalized spacial score (nSPS) is 14.7. The maximum atomic E-state index is 12.0. The molecule has 21 heavy (non-hydrogen) atoms. The minimum atomic E-state index is -0.493. The smallest absolute Gasteiger partial charge is 0.321 e. The fourth-order valence-corrected chi connectivity index (χ4v) is 2.09. The van der Waals surface area contributed by atoms with Crippen LogP contribution in [0.5, 0.6) is 0 Å². The Hall–Kier alpha value is -2.64. The van der Waals surface area contributed by atoms with Crippen molar-refractivity contribution < 1.29 is 14.5 Å². The summed E-state index contributed by atoms with van der Waals surface area (Å²) in [6, 6.07) is 5.38. The molecule has 0 aliphatic carbocycles. The highest BCUT2D eigenvalue weighted by atomic mass is 16.6. The van der Waals surface area contributed by atoms with E-state index in [0.29, 0.717) is 31.9 Å². The van der Waals surface area contributed by atoms with Crippen LogP contribution in [0, 0.1) is 10.1 Å². The number of non-ortho nitro benzene ring substituents is 1. The molecule has 1 fully saturated rings. The number of hydrogen-bond donors (Lipinski definition) is 1. The maximum absolute atomic E-state index is 12.0. The van der Waals surface area contributed by atoms with Crippen LogP contribution in [0.15, 0.2) is 24.3 Å². The lowest BCUT2D eigenvalue weighted by molar-refractivity contribution is -0.384. The number of anilines is 1. The number of nitro benzene ring substituents is 1. The zero-order valence-electron chi connectivity index (χ0n) is 11.6. The average molecular weight is 292 g/mol. The molecule has 0 unspecified atom stereocenters. The molecular weight excluding hydrogens is 276 g/mol. The summed E-state index contributed by atoms with van der Waals surface area (Å²) < 4.78 is 0. The summed E-state index contributed by atoms with van der Waals surface area (Å²) in [5.74, 6) is 0.00503. The minimum Gasteiger partial charge on any atom is -0.339 e. The number of benzene rings is 1. The van der Waals surface area contributed by atoms with Gasteiger partial charge in [-0.05, 0) is 12.1 Å². The summed E-state index contributed by atoms with van der Waals surface area (Å²) in [6.07, 6.45) is 0. The van der Waals surface area contributed by atoms with Crippen molar-refractivity contribution in [2.24, 2.45) is 0 Å². The molecule has 1 saturated heterocycles. The van der Waals surface area contributed by atoms with E-state index >= 15 is 0 Å². The second-order valence-electron chi connectivity index (χ2n) is 4.73. The number of urea groups is 1. The van der Waals surface area contributed by atoms with Crippen molar-refractivity contribution in [3.63, 3.8) is 0 Å². The highest BCUT2D eigenvalue weighted by molar-refractivity contribution is 5.89. The zero-order chi connectivity index (χ0) is 15.4. The van der Waals surface area contributed by atoms with Crippen LogP contribution < -0.4 is 5.32 Å². The number of carbonyl (C=O) groups is 2. The van der Waals surface area contributed by atoms with E-state index in [9.17, 15) is 19.7 Å². The highest BCUT2D eigenvalue weighted by Gasteiger charge is 2.22. The molecule has 1 aliphatic rings. The third kappa shape index (κ3) is 3.68. The molecule has 112 valence electrons. The van der Waals surface area contributed by atoms with E-state index in [-0.39, 0.29) is 17.6 Å². The molecule has 0 radical (unpaired) electrons. The van der Waals surface area contributed by atoms with E-state index in [1.54, 1.807) is 9.80 Å². The summed E-state index contributed by atoms with van der Waals surface area (Å²) in [6.45, 7) is 3.48. The van der Waals surface area contributed by atoms with Crippen molar-refractivity contribution in [1.82, 2.24) is 9.80 Å². The molecule has 0 spiro atoms. The molecule has 1 aromatic carbocycles. The van der Waals surface area contributed by atoms with Gasteiger partial charge in [0.15, 0.2) is 0 Å². The fraction of sp³-hybridized carbons (Fsp3) is 0.385. The van der Waals surface area contributed by atoms with Gasteiger partial charge in [0.05, 0.1) is 4.92 Å². The van der Waals surface area contributed by atoms with E-state index < -0.39 is 4.92 Å². The zero-order valence-corrected chi connectivity index (χ0v) is 11.6. The average Bonchev–Trinajstić information content (AvgIpc) is 2.47. The Bertz CT molecular complexity index is 550. The number of nitrogens with one attached hydrogen (secondary N) is 1. The molecule has 1 aliphatic heterocycles. The molecular formula is C13H16N4O4. The Balaban J connectivity index is 1.90. The first-order chi connectivity index (χ1) is 9.97. The number of piperazine rings is 1. The van der Waals surface area contributed by atoms with Gasteiger partial charge in [-0.25, -0.2) is 4.79 Å². The van der Waals surface area contributed by atoms with Crippen LogP contribution in [-0.2, 0) is 4.79 Å². The van der Waals surface area contributed by atoms with Gasteiger partial charge in [-0.15, -0.1) is 0 Å². The van der Waals surface area contributed by atoms with Crippen molar-refractivity contribution in [3.8, 4) is 0 Å². The number of nitrogens with zero attached hydrogens (tertiary/aromatic N) is 3. The second-order valence-corrected chi connectivity index (χ2v) is 4.73. The lowest BCUT2D eigenvalue weighted by atomic mass is 10.3. The monoisotopic (exact) mass is 292 g/mol. The Morgan fingerprint density at radius 3 is 2.10 bits per heavy atom. The molecule has 2 rings (SSSR count). The van der Waals surface area contributed by atoms with E-state index in [1.807, 2.05) is 0 Å². The van der Waals surface area contributed by atoms with E-state index in [0.717, 1.165) is 0 Å². The molecule has 1 aromatic rings. The van der Waals surface area contributed by atoms with Gasteiger partial charge in [-0.2, -0.15) is 0 Å². The van der Waals surface area contributed by atoms with Crippen LogP contribution in [0.1, 0.15) is 6.92 Å². The van der Waals surface area contributed by atoms with Crippen LogP contribution in [0.2, 0.25) is 0 Å². The van der Waals surface area contributed by atoms with Gasteiger partial charge < -0.3 is 15.1 Å². The van der Waals surface area contributed by atoms with Crippen LogP contribution in [0.3, 0.4) is 0 Å². The molecule has 0 aromatic heterocycles. The Kier molecular flexibility index (Phi) is 4.36. The van der Waals surface area contributed by atoms with E-state index in [1.165, 1.54) is 31.2 Å². The molecule has 1 heterocycles. The van der Waals surface area contributed by atoms with Crippen LogP contribution in [0.4, 0.5) is 16.2 Å². The predicted octanol–water partition coefficient (Wildman–Crippen LogP) is 1.29. The predicted molar refractivity (Wildman–Crippen MR) is 75.9 cm³/mol. The van der Waals surface area contributed by atoms with E-state index in [4.69, 9.17) is 0 Å². The lowest BCUT2D eigenvalue weighted by Crippen LogP contribution is -2.51. The van der Waals surface area contributed by atoms with Crippen LogP contribution in [-0.4, -0.2) is 52.8 Å². The van der Waals surface area contributed by atoms with Crippen molar-refractivity contribution in [3.05, 3.63) is 34.4 Å². The van der Waals surface area contributed by atoms with Crippen LogP contribution >= 0.6 is 0 Å². The first kappa shape index (κ1) is 14.8. The fourth-order valence-electron chi connectivity index (χ4n) is 2.09. The summed E-state index contributed by atoms with van der Waals surface area (Å²) in [7, 11) is 0. The van der Waals surface area contributed by atoms with Gasteiger partial charge in [-0.1, -0.05) is 0 Å². The summed E-state index contributed by atoms with van der Waals surface area (Å²) in [5, 5.41) is 13.2. The number of rotatable bonds is 2. The first-order valence-electron chi connectivity index (χ1n) is 6.53. The van der Waals surface area contributed by atoms with Crippen molar-refractivity contribution in [2.75, 3.05) is 31.5 Å². The number of hydrogen-bond acceptors (Lipinski definition) is 4. The van der Waals surface area contributed by atoms with Gasteiger partial charge in [0.1, 0.15) is 0 Å². The maximum Gasteiger partial charge on any atom is 0.321 e. The Labute approximate surface area is 121 Å². The standard InChI is InChI=1S/C13H16N4O4/c1-10(18)15-6-8-16(9-7-15)13(19)14-11-2-4-12(5-3-11)17(20)21/h2-5H,6-9H2,1H3,(H,14,19). The Morgan fingerprint density at radius 2 is 1.62 bits per heavy atom. The van der Waals surface area contributed by atoms with Gasteiger partial charge in [0, 0.05) is 50.9 Å².